The number of hydrogen-bond acceptors (Lipinski definition) is 5. The van der Waals surface area contributed by atoms with Crippen molar-refractivity contribution in [2.45, 2.75) is 6.10 Å². The molecule has 1 atom stereocenters. The Bertz CT molecular complexity index is 808. The molecule has 21 heavy (non-hydrogen) atoms. The van der Waals surface area contributed by atoms with E-state index in [1.165, 1.54) is 9.40 Å². The molecule has 4 rings (SSSR count). The SMILES string of the molecule is O=C1COc2ccc(C(O)c3cc4sccc4s3)cc2N1. The fourth-order valence-corrected chi connectivity index (χ4v) is 4.49. The van der Waals surface area contributed by atoms with Crippen molar-refractivity contribution in [1.82, 2.24) is 0 Å². The van der Waals surface area contributed by atoms with Crippen molar-refractivity contribution >= 4 is 43.7 Å². The number of carbonyl (C=O) groups is 1. The van der Waals surface area contributed by atoms with Crippen LogP contribution in [0.1, 0.15) is 16.5 Å². The molecule has 0 bridgehead atoms. The molecule has 2 N–H and O–H groups in total. The summed E-state index contributed by atoms with van der Waals surface area (Å²) in [6, 6.07) is 9.45. The van der Waals surface area contributed by atoms with E-state index in [2.05, 4.69) is 11.4 Å². The van der Waals surface area contributed by atoms with Crippen LogP contribution in [0.4, 0.5) is 5.69 Å². The first-order valence-electron chi connectivity index (χ1n) is 6.42. The van der Waals surface area contributed by atoms with E-state index in [4.69, 9.17) is 4.74 Å². The Balaban J connectivity index is 1.70. The van der Waals surface area contributed by atoms with Crippen LogP contribution in [0.5, 0.6) is 5.75 Å². The minimum atomic E-state index is -0.696. The molecule has 1 unspecified atom stereocenters. The molecule has 0 fully saturated rings. The molecule has 0 spiro atoms. The highest BCUT2D eigenvalue weighted by Gasteiger charge is 2.20. The summed E-state index contributed by atoms with van der Waals surface area (Å²) in [6.07, 6.45) is -0.696. The van der Waals surface area contributed by atoms with Gasteiger partial charge >= 0.3 is 0 Å². The highest BCUT2D eigenvalue weighted by atomic mass is 32.1. The predicted molar refractivity (Wildman–Crippen MR) is 84.3 cm³/mol. The Morgan fingerprint density at radius 3 is 3.00 bits per heavy atom. The zero-order valence-electron chi connectivity index (χ0n) is 10.8. The molecule has 2 aromatic heterocycles. The van der Waals surface area contributed by atoms with Gasteiger partial charge in [-0.1, -0.05) is 6.07 Å². The van der Waals surface area contributed by atoms with Gasteiger partial charge in [-0.25, -0.2) is 0 Å². The lowest BCUT2D eigenvalue weighted by atomic mass is 10.1. The molecule has 0 aliphatic carbocycles. The summed E-state index contributed by atoms with van der Waals surface area (Å²) in [6.45, 7) is 0.0378. The first kappa shape index (κ1) is 12.8. The lowest BCUT2D eigenvalue weighted by molar-refractivity contribution is -0.118. The van der Waals surface area contributed by atoms with Crippen LogP contribution in [0, 0.1) is 0 Å². The zero-order chi connectivity index (χ0) is 14.4. The van der Waals surface area contributed by atoms with Crippen molar-refractivity contribution in [3.05, 3.63) is 46.2 Å². The summed E-state index contributed by atoms with van der Waals surface area (Å²) in [7, 11) is 0. The topological polar surface area (TPSA) is 58.6 Å². The van der Waals surface area contributed by atoms with Crippen LogP contribution in [0.3, 0.4) is 0 Å². The molecule has 1 amide bonds. The maximum atomic E-state index is 11.4. The number of rotatable bonds is 2. The van der Waals surface area contributed by atoms with Gasteiger partial charge in [0, 0.05) is 14.3 Å². The third kappa shape index (κ3) is 2.21. The lowest BCUT2D eigenvalue weighted by Crippen LogP contribution is -2.25. The number of ether oxygens (including phenoxy) is 1. The van der Waals surface area contributed by atoms with Gasteiger partial charge in [-0.15, -0.1) is 22.7 Å². The summed E-state index contributed by atoms with van der Waals surface area (Å²) in [4.78, 5) is 12.3. The van der Waals surface area contributed by atoms with Crippen molar-refractivity contribution in [1.29, 1.82) is 0 Å². The number of hydrogen-bond donors (Lipinski definition) is 2. The molecule has 106 valence electrons. The van der Waals surface area contributed by atoms with Crippen LogP contribution in [0.25, 0.3) is 9.40 Å². The van der Waals surface area contributed by atoms with E-state index in [-0.39, 0.29) is 12.5 Å². The molecule has 0 radical (unpaired) electrons. The number of benzene rings is 1. The van der Waals surface area contributed by atoms with Crippen molar-refractivity contribution in [3.63, 3.8) is 0 Å². The molecule has 1 aliphatic rings. The molecule has 0 saturated heterocycles. The van der Waals surface area contributed by atoms with Crippen molar-refractivity contribution in [2.24, 2.45) is 0 Å². The number of thiophene rings is 2. The maximum absolute atomic E-state index is 11.4. The van der Waals surface area contributed by atoms with E-state index >= 15 is 0 Å². The average Bonchev–Trinajstić information content (AvgIpc) is 3.06. The minimum absolute atomic E-state index is 0.0378. The zero-order valence-corrected chi connectivity index (χ0v) is 12.5. The van der Waals surface area contributed by atoms with E-state index < -0.39 is 6.10 Å². The fraction of sp³-hybridized carbons (Fsp3) is 0.133. The third-order valence-corrected chi connectivity index (χ3v) is 5.53. The van der Waals surface area contributed by atoms with Crippen LogP contribution in [-0.2, 0) is 4.79 Å². The van der Waals surface area contributed by atoms with Gasteiger partial charge in [0.2, 0.25) is 0 Å². The van der Waals surface area contributed by atoms with Gasteiger partial charge in [-0.2, -0.15) is 0 Å². The van der Waals surface area contributed by atoms with E-state index in [1.807, 2.05) is 17.5 Å². The molecular weight excluding hydrogens is 306 g/mol. The summed E-state index contributed by atoms with van der Waals surface area (Å²) < 4.78 is 7.69. The third-order valence-electron chi connectivity index (χ3n) is 3.38. The summed E-state index contributed by atoms with van der Waals surface area (Å²) >= 11 is 3.25. The molecule has 3 heterocycles. The second-order valence-corrected chi connectivity index (χ2v) is 6.86. The number of carbonyl (C=O) groups excluding carboxylic acids is 1. The average molecular weight is 317 g/mol. The Labute approximate surface area is 128 Å². The highest BCUT2D eigenvalue weighted by Crippen LogP contribution is 2.38. The van der Waals surface area contributed by atoms with Gasteiger partial charge in [0.05, 0.1) is 5.69 Å². The minimum Gasteiger partial charge on any atom is -0.482 e. The fourth-order valence-electron chi connectivity index (χ4n) is 2.35. The quantitative estimate of drug-likeness (QED) is 0.762. The van der Waals surface area contributed by atoms with Crippen LogP contribution in [0.15, 0.2) is 35.7 Å². The Morgan fingerprint density at radius 1 is 1.24 bits per heavy atom. The lowest BCUT2D eigenvalue weighted by Gasteiger charge is -2.19. The summed E-state index contributed by atoms with van der Waals surface area (Å²) in [5.41, 5.74) is 1.36. The number of nitrogens with one attached hydrogen (secondary N) is 1. The van der Waals surface area contributed by atoms with Crippen LogP contribution < -0.4 is 10.1 Å². The number of amides is 1. The molecule has 1 aromatic carbocycles. The predicted octanol–water partition coefficient (Wildman–Crippen LogP) is 3.38. The Hall–Kier alpha value is -1.89. The van der Waals surface area contributed by atoms with Gasteiger partial charge in [-0.3, -0.25) is 4.79 Å². The van der Waals surface area contributed by atoms with Gasteiger partial charge in [0.25, 0.3) is 5.91 Å². The van der Waals surface area contributed by atoms with Crippen LogP contribution in [-0.4, -0.2) is 17.6 Å². The second-order valence-electron chi connectivity index (χ2n) is 4.79. The number of anilines is 1. The smallest absolute Gasteiger partial charge is 0.262 e. The van der Waals surface area contributed by atoms with Gasteiger partial charge in [0.1, 0.15) is 11.9 Å². The molecule has 4 nitrogen and oxygen atoms in total. The molecule has 3 aromatic rings. The Morgan fingerprint density at radius 2 is 2.14 bits per heavy atom. The molecule has 6 heteroatoms. The second kappa shape index (κ2) is 4.84. The number of aliphatic hydroxyl groups is 1. The largest absolute Gasteiger partial charge is 0.482 e. The summed E-state index contributed by atoms with van der Waals surface area (Å²) in [5, 5.41) is 15.3. The maximum Gasteiger partial charge on any atom is 0.262 e. The first-order valence-corrected chi connectivity index (χ1v) is 8.12. The standard InChI is InChI=1S/C15H11NO3S2/c17-14-7-19-10-2-1-8(5-9(10)16-14)15(18)13-6-12-11(21-13)3-4-20-12/h1-6,15,18H,7H2,(H,16,17). The van der Waals surface area contributed by atoms with Crippen LogP contribution >= 0.6 is 22.7 Å². The molecular formula is C15H11NO3S2. The van der Waals surface area contributed by atoms with E-state index in [1.54, 1.807) is 34.8 Å². The van der Waals surface area contributed by atoms with E-state index in [0.717, 1.165) is 10.4 Å². The van der Waals surface area contributed by atoms with Crippen molar-refractivity contribution in [3.8, 4) is 5.75 Å². The van der Waals surface area contributed by atoms with Gasteiger partial charge < -0.3 is 15.2 Å². The number of fused-ring (bicyclic) bond motifs is 2. The molecule has 1 aliphatic heterocycles. The number of aliphatic hydroxyl groups excluding tert-OH is 1. The van der Waals surface area contributed by atoms with Crippen LogP contribution in [0.2, 0.25) is 0 Å². The van der Waals surface area contributed by atoms with Gasteiger partial charge in [-0.05, 0) is 35.2 Å². The Kier molecular flexibility index (Phi) is 2.95. The van der Waals surface area contributed by atoms with E-state index in [0.29, 0.717) is 11.4 Å². The van der Waals surface area contributed by atoms with Gasteiger partial charge in [0.15, 0.2) is 6.61 Å². The van der Waals surface area contributed by atoms with Crippen molar-refractivity contribution in [2.75, 3.05) is 11.9 Å². The normalized spacial score (nSPS) is 15.4. The monoisotopic (exact) mass is 317 g/mol. The molecule has 0 saturated carbocycles. The van der Waals surface area contributed by atoms with E-state index in [9.17, 15) is 9.90 Å². The highest BCUT2D eigenvalue weighted by molar-refractivity contribution is 7.26. The first-order chi connectivity index (χ1) is 10.2. The van der Waals surface area contributed by atoms with Crippen molar-refractivity contribution < 1.29 is 14.6 Å². The summed E-state index contributed by atoms with van der Waals surface area (Å²) in [5.74, 6) is 0.462.